The predicted molar refractivity (Wildman–Crippen MR) is 105 cm³/mol. The second-order valence-corrected chi connectivity index (χ2v) is 9.29. The van der Waals surface area contributed by atoms with E-state index in [-0.39, 0.29) is 11.3 Å². The molecular weight excluding hydrogens is 392 g/mol. The molecule has 0 radical (unpaired) electrons. The summed E-state index contributed by atoms with van der Waals surface area (Å²) in [6.07, 6.45) is -0.603. The Morgan fingerprint density at radius 1 is 1.38 bits per heavy atom. The lowest BCUT2D eigenvalue weighted by Gasteiger charge is -2.48. The van der Waals surface area contributed by atoms with Crippen LogP contribution in [0.25, 0.3) is 10.2 Å². The van der Waals surface area contributed by atoms with Crippen LogP contribution >= 0.6 is 32.9 Å². The minimum Gasteiger partial charge on any atom is -0.467 e. The molecule has 2 heterocycles. The Bertz CT molecular complexity index is 820. The van der Waals surface area contributed by atoms with Crippen LogP contribution in [-0.4, -0.2) is 53.5 Å². The predicted octanol–water partition coefficient (Wildman–Crippen LogP) is 3.34. The molecule has 0 N–H and O–H groups in total. The lowest BCUT2D eigenvalue weighted by molar-refractivity contribution is -0.172. The quantitative estimate of drug-likeness (QED) is 0.300. The number of benzene rings is 1. The SMILES string of the molecule is C=C(C)C(C(=O)OC)N1C(=O)[C@H](OC)[C@H]1SSc1nc2ccccc2s1. The van der Waals surface area contributed by atoms with E-state index in [1.54, 1.807) is 18.3 Å². The number of hydrogen-bond acceptors (Lipinski definition) is 8. The molecule has 1 aliphatic rings. The molecule has 3 rings (SSSR count). The Kier molecular flexibility index (Phi) is 5.91. The summed E-state index contributed by atoms with van der Waals surface area (Å²) in [6.45, 7) is 5.54. The van der Waals surface area contributed by atoms with E-state index in [0.717, 1.165) is 14.6 Å². The number of rotatable bonds is 7. The fraction of sp³-hybridized carbons (Fsp3) is 0.353. The van der Waals surface area contributed by atoms with Crippen LogP contribution in [0.5, 0.6) is 0 Å². The number of likely N-dealkylation sites (tertiary alicyclic amines) is 1. The van der Waals surface area contributed by atoms with E-state index in [0.29, 0.717) is 5.57 Å². The molecule has 1 fully saturated rings. The fourth-order valence-corrected chi connectivity index (χ4v) is 6.65. The third-order valence-corrected chi connectivity index (χ3v) is 7.95. The Morgan fingerprint density at radius 2 is 2.12 bits per heavy atom. The highest BCUT2D eigenvalue weighted by atomic mass is 33.1. The van der Waals surface area contributed by atoms with Crippen LogP contribution in [0.1, 0.15) is 6.92 Å². The molecule has 1 aromatic carbocycles. The Balaban J connectivity index is 1.77. The summed E-state index contributed by atoms with van der Waals surface area (Å²) in [7, 11) is 5.71. The number of carbonyl (C=O) groups is 2. The van der Waals surface area contributed by atoms with Crippen molar-refractivity contribution in [2.45, 2.75) is 28.8 Å². The van der Waals surface area contributed by atoms with E-state index in [2.05, 4.69) is 11.6 Å². The van der Waals surface area contributed by atoms with Crippen molar-refractivity contribution in [2.24, 2.45) is 0 Å². The first-order valence-electron chi connectivity index (χ1n) is 7.75. The number of esters is 1. The summed E-state index contributed by atoms with van der Waals surface area (Å²) in [5.41, 5.74) is 1.50. The maximum atomic E-state index is 12.4. The van der Waals surface area contributed by atoms with E-state index in [1.807, 2.05) is 24.3 Å². The summed E-state index contributed by atoms with van der Waals surface area (Å²) >= 11 is 1.59. The van der Waals surface area contributed by atoms with E-state index in [4.69, 9.17) is 9.47 Å². The van der Waals surface area contributed by atoms with Gasteiger partial charge in [-0.3, -0.25) is 4.79 Å². The average Bonchev–Trinajstić information content (AvgIpc) is 3.04. The van der Waals surface area contributed by atoms with E-state index < -0.39 is 18.1 Å². The molecular formula is C17H18N2O4S3. The molecule has 1 amide bonds. The molecule has 1 aromatic heterocycles. The van der Waals surface area contributed by atoms with E-state index in [1.165, 1.54) is 40.7 Å². The fourth-order valence-electron chi connectivity index (χ4n) is 2.69. The maximum Gasteiger partial charge on any atom is 0.332 e. The van der Waals surface area contributed by atoms with Gasteiger partial charge in [0.1, 0.15) is 5.37 Å². The third-order valence-electron chi connectivity index (χ3n) is 3.95. The van der Waals surface area contributed by atoms with Crippen LogP contribution in [0.2, 0.25) is 0 Å². The molecule has 1 saturated heterocycles. The monoisotopic (exact) mass is 410 g/mol. The standard InChI is InChI=1S/C17H18N2O4S3/c1-9(2)12(16(21)23-4)19-14(20)13(22-3)15(19)25-26-17-18-10-7-5-6-8-11(10)24-17/h5-8,12-13,15H,1H2,2-4H3/t12?,13-,15+/m0/s1. The maximum absolute atomic E-state index is 12.4. The van der Waals surface area contributed by atoms with Crippen LogP contribution in [0.4, 0.5) is 0 Å². The van der Waals surface area contributed by atoms with Gasteiger partial charge in [-0.05, 0) is 35.4 Å². The van der Waals surface area contributed by atoms with Crippen molar-refractivity contribution in [2.75, 3.05) is 14.2 Å². The first-order valence-corrected chi connectivity index (χ1v) is 10.8. The van der Waals surface area contributed by atoms with Crippen molar-refractivity contribution in [3.05, 3.63) is 36.4 Å². The van der Waals surface area contributed by atoms with Crippen LogP contribution in [0.3, 0.4) is 0 Å². The molecule has 3 atom stereocenters. The van der Waals surface area contributed by atoms with Crippen molar-refractivity contribution in [1.82, 2.24) is 9.88 Å². The zero-order valence-corrected chi connectivity index (χ0v) is 17.0. The highest BCUT2D eigenvalue weighted by molar-refractivity contribution is 8.77. The number of methoxy groups -OCH3 is 2. The van der Waals surface area contributed by atoms with Gasteiger partial charge in [0.25, 0.3) is 5.91 Å². The number of nitrogens with zero attached hydrogens (tertiary/aromatic N) is 2. The van der Waals surface area contributed by atoms with Gasteiger partial charge in [0, 0.05) is 7.11 Å². The van der Waals surface area contributed by atoms with Gasteiger partial charge in [-0.1, -0.05) is 29.5 Å². The molecule has 138 valence electrons. The molecule has 1 unspecified atom stereocenters. The number of hydrogen-bond donors (Lipinski definition) is 0. The molecule has 0 bridgehead atoms. The van der Waals surface area contributed by atoms with Gasteiger partial charge in [0.05, 0.1) is 17.3 Å². The average molecular weight is 411 g/mol. The molecule has 0 spiro atoms. The minimum absolute atomic E-state index is 0.242. The summed E-state index contributed by atoms with van der Waals surface area (Å²) < 4.78 is 12.1. The first-order chi connectivity index (χ1) is 12.5. The van der Waals surface area contributed by atoms with Gasteiger partial charge < -0.3 is 14.4 Å². The summed E-state index contributed by atoms with van der Waals surface area (Å²) in [6, 6.07) is 7.10. The van der Waals surface area contributed by atoms with Gasteiger partial charge >= 0.3 is 5.97 Å². The number of thiazole rings is 1. The lowest BCUT2D eigenvalue weighted by atomic mass is 10.0. The molecule has 0 saturated carbocycles. The normalized spacial score (nSPS) is 20.7. The number of carbonyl (C=O) groups excluding carboxylic acids is 2. The molecule has 1 aliphatic heterocycles. The highest BCUT2D eigenvalue weighted by Crippen LogP contribution is 2.46. The van der Waals surface area contributed by atoms with Crippen LogP contribution in [-0.2, 0) is 19.1 Å². The van der Waals surface area contributed by atoms with Gasteiger partial charge in [-0.15, -0.1) is 11.3 Å². The summed E-state index contributed by atoms with van der Waals surface area (Å²) in [5, 5.41) is -0.328. The molecule has 9 heteroatoms. The highest BCUT2D eigenvalue weighted by Gasteiger charge is 2.53. The van der Waals surface area contributed by atoms with Gasteiger partial charge in [0.2, 0.25) is 0 Å². The second kappa shape index (κ2) is 7.99. The zero-order valence-electron chi connectivity index (χ0n) is 14.5. The molecule has 26 heavy (non-hydrogen) atoms. The van der Waals surface area contributed by atoms with Crippen molar-refractivity contribution in [1.29, 1.82) is 0 Å². The van der Waals surface area contributed by atoms with Crippen molar-refractivity contribution >= 4 is 55.0 Å². The number of fused-ring (bicyclic) bond motifs is 1. The summed E-state index contributed by atoms with van der Waals surface area (Å²) in [4.78, 5) is 30.6. The largest absolute Gasteiger partial charge is 0.467 e. The second-order valence-electron chi connectivity index (χ2n) is 5.69. The number of β-lactam (4-membered cyclic amide) rings is 1. The third kappa shape index (κ3) is 3.48. The molecule has 0 aliphatic carbocycles. The Hall–Kier alpha value is -1.55. The Labute approximate surface area is 163 Å². The minimum atomic E-state index is -0.813. The summed E-state index contributed by atoms with van der Waals surface area (Å²) in [5.74, 6) is -0.746. The number of para-hydroxylation sites is 1. The molecule has 6 nitrogen and oxygen atoms in total. The molecule has 2 aromatic rings. The van der Waals surface area contributed by atoms with Crippen LogP contribution < -0.4 is 0 Å². The van der Waals surface area contributed by atoms with Gasteiger partial charge in [-0.2, -0.15) is 0 Å². The van der Waals surface area contributed by atoms with E-state index in [9.17, 15) is 9.59 Å². The zero-order chi connectivity index (χ0) is 18.8. The lowest BCUT2D eigenvalue weighted by Crippen LogP contribution is -2.68. The smallest absolute Gasteiger partial charge is 0.332 e. The van der Waals surface area contributed by atoms with Crippen molar-refractivity contribution in [3.63, 3.8) is 0 Å². The van der Waals surface area contributed by atoms with Crippen molar-refractivity contribution in [3.8, 4) is 0 Å². The van der Waals surface area contributed by atoms with Crippen LogP contribution in [0, 0.1) is 0 Å². The topological polar surface area (TPSA) is 68.7 Å². The van der Waals surface area contributed by atoms with Crippen molar-refractivity contribution < 1.29 is 19.1 Å². The number of ether oxygens (including phenoxy) is 2. The van der Waals surface area contributed by atoms with Crippen LogP contribution in [0.15, 0.2) is 40.8 Å². The van der Waals surface area contributed by atoms with Gasteiger partial charge in [-0.25, -0.2) is 9.78 Å². The first kappa shape index (κ1) is 19.2. The van der Waals surface area contributed by atoms with E-state index >= 15 is 0 Å². The Morgan fingerprint density at radius 3 is 2.73 bits per heavy atom. The number of amides is 1. The van der Waals surface area contributed by atoms with Gasteiger partial charge in [0.15, 0.2) is 16.5 Å². The number of aromatic nitrogens is 1.